The van der Waals surface area contributed by atoms with Gasteiger partial charge in [0, 0.05) is 11.5 Å². The van der Waals surface area contributed by atoms with E-state index in [0.29, 0.717) is 12.8 Å². The van der Waals surface area contributed by atoms with Crippen molar-refractivity contribution >= 4 is 20.2 Å². The molecule has 0 fully saturated rings. The summed E-state index contributed by atoms with van der Waals surface area (Å²) in [6.07, 6.45) is 0.817. The van der Waals surface area contributed by atoms with Gasteiger partial charge in [0.2, 0.25) is 0 Å². The fraction of sp³-hybridized carbons (Fsp3) is 1.00. The van der Waals surface area contributed by atoms with E-state index in [1.54, 1.807) is 13.8 Å². The topological polar surface area (TPSA) is 114 Å². The van der Waals surface area contributed by atoms with Crippen LogP contribution in [0.25, 0.3) is 0 Å². The fourth-order valence-electron chi connectivity index (χ4n) is 0.500. The normalized spacial score (nSPS) is 10.9. The molecule has 0 spiro atoms. The molecule has 15 heavy (non-hydrogen) atoms. The molecule has 0 bridgehead atoms. The summed E-state index contributed by atoms with van der Waals surface area (Å²) < 4.78 is 58.1. The van der Waals surface area contributed by atoms with Gasteiger partial charge in [-0.2, -0.15) is 0 Å². The van der Waals surface area contributed by atoms with Crippen molar-refractivity contribution in [3.05, 3.63) is 0 Å². The van der Waals surface area contributed by atoms with Crippen LogP contribution in [-0.4, -0.2) is 37.4 Å². The van der Waals surface area contributed by atoms with Gasteiger partial charge in [-0.1, -0.05) is 13.8 Å². The van der Waals surface area contributed by atoms with Gasteiger partial charge in [-0.3, -0.25) is 0 Å². The monoisotopic (exact) mass is 360 g/mol. The van der Waals surface area contributed by atoms with E-state index in [0.717, 1.165) is 0 Å². The summed E-state index contributed by atoms with van der Waals surface area (Å²) in [5.74, 6) is -0.486. The first-order valence-electron chi connectivity index (χ1n) is 3.99. The Labute approximate surface area is 111 Å². The summed E-state index contributed by atoms with van der Waals surface area (Å²) in [4.78, 5) is 0. The third-order valence-corrected chi connectivity index (χ3v) is 2.72. The molecule has 0 saturated carbocycles. The van der Waals surface area contributed by atoms with Crippen LogP contribution in [0.2, 0.25) is 0 Å². The van der Waals surface area contributed by atoms with Crippen LogP contribution in [0.1, 0.15) is 26.7 Å². The van der Waals surface area contributed by atoms with Gasteiger partial charge in [-0.25, -0.2) is 16.8 Å². The van der Waals surface area contributed by atoms with Crippen molar-refractivity contribution in [1.82, 2.24) is 0 Å². The summed E-state index contributed by atoms with van der Waals surface area (Å²) in [5, 5.41) is 0. The molecule has 0 aromatic rings. The minimum absolute atomic E-state index is 0. The largest absolute Gasteiger partial charge is 2.00 e. The number of hydrogen-bond acceptors (Lipinski definition) is 6. The molecule has 0 aliphatic heterocycles. The summed E-state index contributed by atoms with van der Waals surface area (Å²) in [6.45, 7) is 3.30. The molecule has 0 rings (SSSR count). The average Bonchev–Trinajstić information content (AvgIpc) is 1.81. The van der Waals surface area contributed by atoms with Crippen molar-refractivity contribution in [3.63, 3.8) is 0 Å². The summed E-state index contributed by atoms with van der Waals surface area (Å²) in [5.41, 5.74) is 0. The quantitative estimate of drug-likeness (QED) is 0.511. The van der Waals surface area contributed by atoms with Gasteiger partial charge in [0.1, 0.15) is 0 Å². The van der Waals surface area contributed by atoms with Gasteiger partial charge in [-0.15, -0.1) is 0 Å². The van der Waals surface area contributed by atoms with Crippen LogP contribution in [0, 0.1) is 0 Å². The summed E-state index contributed by atoms with van der Waals surface area (Å²) >= 11 is 0. The zero-order chi connectivity index (χ0) is 11.8. The van der Waals surface area contributed by atoms with Crippen molar-refractivity contribution in [1.29, 1.82) is 0 Å². The molecule has 0 aliphatic rings. The second-order valence-corrected chi connectivity index (χ2v) is 5.57. The Morgan fingerprint density at radius 3 is 1.00 bits per heavy atom. The van der Waals surface area contributed by atoms with Crippen LogP contribution < -0.4 is 0 Å². The molecule has 0 amide bonds. The second kappa shape index (κ2) is 9.93. The summed E-state index contributed by atoms with van der Waals surface area (Å²) in [7, 11) is -7.85. The van der Waals surface area contributed by atoms with Gasteiger partial charge in [0.25, 0.3) is 0 Å². The first-order chi connectivity index (χ1) is 6.12. The Balaban J connectivity index is -0.000000180. The standard InChI is InChI=1S/2C3H8O3S.Cd/c2*1-2-3-7(4,5)6;/h2*2-3H2,1H3,(H,4,5,6);/q;;+2/p-2. The van der Waals surface area contributed by atoms with E-state index in [2.05, 4.69) is 0 Å². The molecule has 0 unspecified atom stereocenters. The molecule has 0 aromatic carbocycles. The van der Waals surface area contributed by atoms with Gasteiger partial charge < -0.3 is 9.11 Å². The van der Waals surface area contributed by atoms with Gasteiger partial charge in [0.05, 0.1) is 20.2 Å². The van der Waals surface area contributed by atoms with E-state index in [-0.39, 0.29) is 38.8 Å². The van der Waals surface area contributed by atoms with Crippen LogP contribution >= 0.6 is 0 Å². The Hall–Kier alpha value is 0.742. The maximum atomic E-state index is 9.68. The Morgan fingerprint density at radius 1 is 0.800 bits per heavy atom. The van der Waals surface area contributed by atoms with E-state index in [4.69, 9.17) is 0 Å². The van der Waals surface area contributed by atoms with Crippen LogP contribution in [-0.2, 0) is 47.5 Å². The van der Waals surface area contributed by atoms with E-state index >= 15 is 0 Å². The molecule has 9 heteroatoms. The predicted octanol–water partition coefficient (Wildman–Crippen LogP) is -0.119. The molecule has 0 heterocycles. The maximum absolute atomic E-state index is 9.68. The zero-order valence-electron chi connectivity index (χ0n) is 8.80. The SMILES string of the molecule is CCCS(=O)(=O)[O-].CCCS(=O)(=O)[O-].[Cd+2]. The molecule has 0 N–H and O–H groups in total. The van der Waals surface area contributed by atoms with Crippen LogP contribution in [0.5, 0.6) is 0 Å². The molecule has 88 valence electrons. The predicted molar refractivity (Wildman–Crippen MR) is 49.7 cm³/mol. The van der Waals surface area contributed by atoms with Crippen LogP contribution in [0.15, 0.2) is 0 Å². The maximum Gasteiger partial charge on any atom is 2.00 e. The van der Waals surface area contributed by atoms with Crippen LogP contribution in [0.3, 0.4) is 0 Å². The molecule has 6 nitrogen and oxygen atoms in total. The minimum atomic E-state index is -3.92. The van der Waals surface area contributed by atoms with E-state index in [1.165, 1.54) is 0 Å². The van der Waals surface area contributed by atoms with Crippen molar-refractivity contribution in [2.75, 3.05) is 11.5 Å². The average molecular weight is 359 g/mol. The molecule has 0 saturated heterocycles. The third-order valence-electron chi connectivity index (χ3n) is 0.908. The van der Waals surface area contributed by atoms with E-state index in [9.17, 15) is 25.9 Å². The number of hydrogen-bond donors (Lipinski definition) is 0. The van der Waals surface area contributed by atoms with E-state index < -0.39 is 20.2 Å². The molecular weight excluding hydrogens is 345 g/mol. The van der Waals surface area contributed by atoms with Crippen LogP contribution in [0.4, 0.5) is 0 Å². The zero-order valence-corrected chi connectivity index (χ0v) is 14.5. The molecular formula is C6H14CdO6S2. The first kappa shape index (κ1) is 21.1. The molecule has 0 atom stereocenters. The molecule has 0 aromatic heterocycles. The minimum Gasteiger partial charge on any atom is -0.748 e. The number of rotatable bonds is 4. The smallest absolute Gasteiger partial charge is 0.748 e. The van der Waals surface area contributed by atoms with Gasteiger partial charge >= 0.3 is 27.3 Å². The van der Waals surface area contributed by atoms with E-state index in [1.807, 2.05) is 0 Å². The second-order valence-electron chi connectivity index (χ2n) is 2.52. The third kappa shape index (κ3) is 31.3. The Kier molecular flexibility index (Phi) is 14.0. The van der Waals surface area contributed by atoms with Crippen molar-refractivity contribution in [3.8, 4) is 0 Å². The molecule has 0 aliphatic carbocycles. The fourth-order valence-corrected chi connectivity index (χ4v) is 1.50. The Bertz CT molecular complexity index is 286. The first-order valence-corrected chi connectivity index (χ1v) is 7.15. The van der Waals surface area contributed by atoms with Crippen molar-refractivity contribution in [2.24, 2.45) is 0 Å². The van der Waals surface area contributed by atoms with Crippen molar-refractivity contribution < 1.29 is 53.2 Å². The molecule has 0 radical (unpaired) electrons. The van der Waals surface area contributed by atoms with Gasteiger partial charge in [0.15, 0.2) is 0 Å². The Morgan fingerprint density at radius 2 is 1.00 bits per heavy atom. The van der Waals surface area contributed by atoms with Crippen molar-refractivity contribution in [2.45, 2.75) is 26.7 Å². The summed E-state index contributed by atoms with van der Waals surface area (Å²) in [6, 6.07) is 0. The van der Waals surface area contributed by atoms with Gasteiger partial charge in [-0.05, 0) is 12.8 Å².